The number of ether oxygens (including phenoxy) is 3. The van der Waals surface area contributed by atoms with Crippen molar-refractivity contribution in [3.8, 4) is 5.75 Å². The minimum atomic E-state index is -4.32. The lowest BCUT2D eigenvalue weighted by molar-refractivity contribution is -0.408. The fourth-order valence-corrected chi connectivity index (χ4v) is 9.93. The first kappa shape index (κ1) is 58.2. The van der Waals surface area contributed by atoms with Gasteiger partial charge in [0.15, 0.2) is 0 Å². The zero-order valence-corrected chi connectivity index (χ0v) is 42.6. The number of piperidine rings is 2. The molecule has 0 aromatic heterocycles. The maximum atomic E-state index is 15.4. The van der Waals surface area contributed by atoms with E-state index in [4.69, 9.17) is 14.2 Å². The van der Waals surface area contributed by atoms with E-state index in [2.05, 4.69) is 10.6 Å². The molecule has 0 saturated carbocycles. The summed E-state index contributed by atoms with van der Waals surface area (Å²) >= 11 is 0. The quantitative estimate of drug-likeness (QED) is 0.0547. The molecule has 0 aliphatic carbocycles. The van der Waals surface area contributed by atoms with Crippen LogP contribution in [-0.4, -0.2) is 177 Å². The Kier molecular flexibility index (Phi) is 16.7. The van der Waals surface area contributed by atoms with Crippen molar-refractivity contribution in [1.82, 2.24) is 30.2 Å². The number of nitrogens with zero attached hydrogens (tertiary/aromatic N) is 4. The summed E-state index contributed by atoms with van der Waals surface area (Å²) in [6, 6.07) is 16.3. The molecule has 0 radical (unpaired) electrons. The molecule has 2 unspecified atom stereocenters. The number of aliphatic hydroxyl groups is 9. The third kappa shape index (κ3) is 10.7. The maximum Gasteiger partial charge on any atom is 0.354 e. The number of halogens is 2. The summed E-state index contributed by atoms with van der Waals surface area (Å²) in [5, 5.41) is 101. The second kappa shape index (κ2) is 22.7. The van der Waals surface area contributed by atoms with Crippen LogP contribution < -0.4 is 20.7 Å². The van der Waals surface area contributed by atoms with Crippen molar-refractivity contribution < 1.29 is 97.7 Å². The maximum absolute atomic E-state index is 15.4. The Morgan fingerprint density at radius 3 is 1.94 bits per heavy atom. The van der Waals surface area contributed by atoms with Gasteiger partial charge in [0.1, 0.15) is 23.4 Å². The largest absolute Gasteiger partial charge is 0.435 e. The molecule has 4 fully saturated rings. The molecular weight excluding hydrogens is 1050 g/mol. The van der Waals surface area contributed by atoms with Gasteiger partial charge in [-0.15, -0.1) is 0 Å². The van der Waals surface area contributed by atoms with Crippen LogP contribution in [0.2, 0.25) is 0 Å². The molecule has 79 heavy (non-hydrogen) atoms. The van der Waals surface area contributed by atoms with Crippen molar-refractivity contribution >= 4 is 41.1 Å². The fourth-order valence-electron chi connectivity index (χ4n) is 9.93. The molecular formula is C52H59F2N7O18. The first-order chi connectivity index (χ1) is 37.4. The molecule has 2 atom stereocenters. The van der Waals surface area contributed by atoms with Crippen LogP contribution >= 0.6 is 0 Å². The lowest BCUT2D eigenvalue weighted by Gasteiger charge is -2.50. The van der Waals surface area contributed by atoms with E-state index in [-0.39, 0.29) is 90.1 Å². The smallest absolute Gasteiger partial charge is 0.354 e. The molecule has 0 bridgehead atoms. The van der Waals surface area contributed by atoms with Gasteiger partial charge >= 0.3 is 11.8 Å². The van der Waals surface area contributed by atoms with Gasteiger partial charge in [-0.2, -0.15) is 0 Å². The van der Waals surface area contributed by atoms with Gasteiger partial charge in [0.05, 0.1) is 44.1 Å². The zero-order valence-electron chi connectivity index (χ0n) is 42.6. The van der Waals surface area contributed by atoms with Crippen molar-refractivity contribution in [3.63, 3.8) is 0 Å². The van der Waals surface area contributed by atoms with E-state index in [0.717, 1.165) is 18.2 Å². The topological polar surface area (TPSA) is 361 Å². The van der Waals surface area contributed by atoms with Crippen LogP contribution in [0.5, 0.6) is 5.75 Å². The van der Waals surface area contributed by atoms with Gasteiger partial charge in [0, 0.05) is 91.3 Å². The number of benzene rings is 4. The van der Waals surface area contributed by atoms with Gasteiger partial charge in [0.25, 0.3) is 41.1 Å². The Bertz CT molecular complexity index is 3040. The van der Waals surface area contributed by atoms with Crippen LogP contribution in [0.4, 0.5) is 14.5 Å². The number of fused-ring (bicyclic) bond motifs is 2. The Hall–Kier alpha value is -6.96. The van der Waals surface area contributed by atoms with Crippen LogP contribution in [0.3, 0.4) is 0 Å². The second-order valence-corrected chi connectivity index (χ2v) is 18.9. The highest BCUT2D eigenvalue weighted by atomic mass is 19.1. The van der Waals surface area contributed by atoms with Gasteiger partial charge in [-0.3, -0.25) is 49.2 Å². The van der Waals surface area contributed by atoms with E-state index >= 15 is 8.78 Å². The summed E-state index contributed by atoms with van der Waals surface area (Å²) in [4.78, 5) is 79.1. The number of carbonyl (C=O) groups is 6. The summed E-state index contributed by atoms with van der Waals surface area (Å²) in [6.07, 6.45) is 0.428. The van der Waals surface area contributed by atoms with E-state index in [0.29, 0.717) is 56.3 Å². The number of nitrogens with one attached hydrogen (secondary N) is 3. The molecule has 6 aliphatic rings. The predicted molar refractivity (Wildman–Crippen MR) is 264 cm³/mol. The monoisotopic (exact) mass is 1110 g/mol. The van der Waals surface area contributed by atoms with E-state index in [1.165, 1.54) is 39.4 Å². The first-order valence-electron chi connectivity index (χ1n) is 25.1. The normalized spacial score (nSPS) is 22.2. The summed E-state index contributed by atoms with van der Waals surface area (Å²) < 4.78 is 46.6. The number of carbonyl (C=O) groups excluding carboxylic acids is 6. The van der Waals surface area contributed by atoms with Gasteiger partial charge in [0.2, 0.25) is 11.8 Å². The number of rotatable bonds is 12. The Balaban J connectivity index is 0.000000203. The summed E-state index contributed by atoms with van der Waals surface area (Å²) in [5.74, 6) is -22.6. The third-order valence-corrected chi connectivity index (χ3v) is 14.3. The van der Waals surface area contributed by atoms with E-state index in [1.54, 1.807) is 30.3 Å². The molecule has 10 rings (SSSR count). The molecule has 6 heterocycles. The summed E-state index contributed by atoms with van der Waals surface area (Å²) in [5.41, 5.74) is -3.23. The minimum absolute atomic E-state index is 0.0297. The number of morpholine rings is 2. The van der Waals surface area contributed by atoms with Crippen molar-refractivity contribution in [1.29, 1.82) is 0 Å². The van der Waals surface area contributed by atoms with Crippen LogP contribution in [0.15, 0.2) is 72.8 Å². The lowest BCUT2D eigenvalue weighted by atomic mass is 9.86. The third-order valence-electron chi connectivity index (χ3n) is 14.3. The Morgan fingerprint density at radius 2 is 1.28 bits per heavy atom. The first-order valence-corrected chi connectivity index (χ1v) is 25.1. The standard InChI is InChI=1S/C25H27FN4O6.C25H26FN3O12.C2H6/c26-22-15(3-1-5-18(22)25(34,35)29-9-11-36-12-10-29)13-27-19-6-2-4-16-17(19)14-30(24(16)33)20-7-8-21(31)28-23(20)32;26-18-13(11-28-7-9-40-10-8-28)3-1-5-16(18)24(36,37)41-17-6-2-4-14-15(17)12-29(19(14)30)22(33)20(31)27-21(32)23(34,35)25(22,38)39;1-2/h1-6,20,27,34-35H,7-14H2,(H,28,31,32);1-6,33-39H,7-12H2,(H,27,31,32);1-2H3. The summed E-state index contributed by atoms with van der Waals surface area (Å²) in [6.45, 7) is 6.61. The van der Waals surface area contributed by atoms with Crippen LogP contribution in [0, 0.1) is 11.6 Å². The SMILES string of the molecule is CC.O=C1CCC(N2Cc3c(NCc4cccc(C(O)(O)N5CCOCC5)c4F)cccc3C2=O)C(=O)N1.O=C1c2cccc(OC(O)(O)c3cccc(CN4CCOCC4)c3F)c2CN1C1(O)C(=O)NC(=O)C(O)(O)C1(O)O. The van der Waals surface area contributed by atoms with Crippen molar-refractivity contribution in [3.05, 3.63) is 129 Å². The molecule has 424 valence electrons. The highest BCUT2D eigenvalue weighted by Crippen LogP contribution is 2.44. The lowest BCUT2D eigenvalue weighted by Crippen LogP contribution is -2.85. The molecule has 6 amide bonds. The summed E-state index contributed by atoms with van der Waals surface area (Å²) in [7, 11) is 0. The van der Waals surface area contributed by atoms with Gasteiger partial charge in [-0.1, -0.05) is 50.2 Å². The van der Waals surface area contributed by atoms with Crippen molar-refractivity contribution in [2.75, 3.05) is 57.9 Å². The number of amides is 6. The van der Waals surface area contributed by atoms with Crippen molar-refractivity contribution in [2.24, 2.45) is 0 Å². The number of hydrogen-bond donors (Lipinski definition) is 12. The minimum Gasteiger partial charge on any atom is -0.435 e. The number of hydrogen-bond acceptors (Lipinski definition) is 21. The predicted octanol–water partition coefficient (Wildman–Crippen LogP) is -1.85. The molecule has 4 aromatic rings. The van der Waals surface area contributed by atoms with Gasteiger partial charge < -0.3 is 70.4 Å². The number of anilines is 1. The molecule has 4 saturated heterocycles. The van der Waals surface area contributed by atoms with Crippen LogP contribution in [0.1, 0.15) is 80.8 Å². The van der Waals surface area contributed by atoms with E-state index in [9.17, 15) is 74.7 Å². The fraction of sp³-hybridized carbons (Fsp3) is 0.423. The Labute approximate surface area is 448 Å². The zero-order chi connectivity index (χ0) is 57.4. The molecule has 6 aliphatic heterocycles. The van der Waals surface area contributed by atoms with Gasteiger partial charge in [-0.25, -0.2) is 13.7 Å². The molecule has 27 heteroatoms. The van der Waals surface area contributed by atoms with Gasteiger partial charge in [-0.05, 0) is 42.8 Å². The highest BCUT2D eigenvalue weighted by Gasteiger charge is 2.76. The average Bonchev–Trinajstić information content (AvgIpc) is 4.21. The highest BCUT2D eigenvalue weighted by molar-refractivity contribution is 6.10. The molecule has 12 N–H and O–H groups in total. The van der Waals surface area contributed by atoms with E-state index < -0.39 is 88.3 Å². The van der Waals surface area contributed by atoms with E-state index in [1.807, 2.05) is 18.7 Å². The second-order valence-electron chi connectivity index (χ2n) is 18.9. The molecule has 0 spiro atoms. The molecule has 4 aromatic carbocycles. The van der Waals surface area contributed by atoms with Crippen LogP contribution in [0.25, 0.3) is 0 Å². The van der Waals surface area contributed by atoms with Crippen molar-refractivity contribution in [2.45, 2.75) is 88.1 Å². The molecule has 25 nitrogen and oxygen atoms in total. The Morgan fingerprint density at radius 1 is 0.696 bits per heavy atom. The average molecular weight is 1110 g/mol. The number of imide groups is 2. The van der Waals surface area contributed by atoms with Crippen LogP contribution in [-0.2, 0) is 66.7 Å².